The Labute approximate surface area is 168 Å². The summed E-state index contributed by atoms with van der Waals surface area (Å²) < 4.78 is 49.6. The zero-order chi connectivity index (χ0) is 20.5. The second-order valence-corrected chi connectivity index (χ2v) is 8.59. The van der Waals surface area contributed by atoms with Crippen LogP contribution in [0.5, 0.6) is 0 Å². The van der Waals surface area contributed by atoms with E-state index in [0.717, 1.165) is 6.07 Å². The van der Waals surface area contributed by atoms with Gasteiger partial charge in [-0.15, -0.1) is 0 Å². The smallest absolute Gasteiger partial charge is 0.319 e. The maximum absolute atomic E-state index is 13.8. The molecule has 0 spiro atoms. The van der Waals surface area contributed by atoms with Crippen molar-refractivity contribution in [2.24, 2.45) is 5.14 Å². The van der Waals surface area contributed by atoms with E-state index < -0.39 is 27.7 Å². The molecule has 1 aliphatic rings. The predicted octanol–water partition coefficient (Wildman–Crippen LogP) is 2.17. The molecule has 150 valence electrons. The van der Waals surface area contributed by atoms with Gasteiger partial charge in [-0.25, -0.2) is 32.1 Å². The summed E-state index contributed by atoms with van der Waals surface area (Å²) in [5.41, 5.74) is -0.158. The minimum absolute atomic E-state index is 0.0867. The van der Waals surface area contributed by atoms with Crippen molar-refractivity contribution < 1.29 is 22.0 Å². The van der Waals surface area contributed by atoms with Crippen LogP contribution in [-0.2, 0) is 10.0 Å². The zero-order valence-corrected chi connectivity index (χ0v) is 16.7. The fourth-order valence-corrected chi connectivity index (χ4v) is 3.78. The highest BCUT2D eigenvalue weighted by Gasteiger charge is 2.25. The van der Waals surface area contributed by atoms with Crippen LogP contribution in [0.2, 0.25) is 0 Å². The van der Waals surface area contributed by atoms with Crippen molar-refractivity contribution >= 4 is 43.5 Å². The summed E-state index contributed by atoms with van der Waals surface area (Å²) in [4.78, 5) is 18.0. The largest absolute Gasteiger partial charge is 0.354 e. The molecule has 2 aromatic rings. The number of nitrogens with zero attached hydrogens (tertiary/aromatic N) is 2. The molecule has 2 amide bonds. The van der Waals surface area contributed by atoms with Gasteiger partial charge in [-0.05, 0) is 40.5 Å². The van der Waals surface area contributed by atoms with Gasteiger partial charge in [0.2, 0.25) is 10.0 Å². The topological polar surface area (TPSA) is 117 Å². The van der Waals surface area contributed by atoms with Crippen molar-refractivity contribution in [2.45, 2.75) is 17.4 Å². The molecule has 1 aliphatic heterocycles. The molecule has 0 unspecified atom stereocenters. The van der Waals surface area contributed by atoms with Crippen LogP contribution >= 0.6 is 15.9 Å². The summed E-state index contributed by atoms with van der Waals surface area (Å²) in [6, 6.07) is 3.76. The molecule has 8 nitrogen and oxygen atoms in total. The van der Waals surface area contributed by atoms with Crippen LogP contribution in [-0.4, -0.2) is 38.6 Å². The van der Waals surface area contributed by atoms with Gasteiger partial charge in [0, 0.05) is 35.9 Å². The number of rotatable bonds is 4. The maximum Gasteiger partial charge on any atom is 0.319 e. The first-order chi connectivity index (χ1) is 13.1. The molecule has 0 saturated carbocycles. The van der Waals surface area contributed by atoms with Crippen molar-refractivity contribution in [1.82, 2.24) is 10.3 Å². The number of carbonyl (C=O) groups is 1. The Hall–Kier alpha value is -2.31. The van der Waals surface area contributed by atoms with Crippen molar-refractivity contribution in [3.8, 4) is 0 Å². The van der Waals surface area contributed by atoms with Crippen molar-refractivity contribution in [3.05, 3.63) is 46.6 Å². The molecule has 0 bridgehead atoms. The average Bonchev–Trinajstić information content (AvgIpc) is 3.06. The SMILES string of the molecule is NS(=O)(=O)c1ccc(N2CC[C@H](NC(=O)Nc3c(F)cc(F)cc3Br)C2)nc1. The van der Waals surface area contributed by atoms with Crippen LogP contribution in [0, 0.1) is 11.6 Å². The second-order valence-electron chi connectivity index (χ2n) is 6.17. The van der Waals surface area contributed by atoms with Gasteiger partial charge < -0.3 is 15.5 Å². The Morgan fingerprint density at radius 2 is 2.07 bits per heavy atom. The molecule has 0 radical (unpaired) electrons. The number of benzene rings is 1. The number of anilines is 2. The van der Waals surface area contributed by atoms with E-state index >= 15 is 0 Å². The molecule has 0 aliphatic carbocycles. The molecule has 28 heavy (non-hydrogen) atoms. The zero-order valence-electron chi connectivity index (χ0n) is 14.3. The van der Waals surface area contributed by atoms with Gasteiger partial charge in [0.05, 0.1) is 5.69 Å². The number of urea groups is 1. The monoisotopic (exact) mass is 475 g/mol. The molecule has 1 fully saturated rings. The van der Waals surface area contributed by atoms with Gasteiger partial charge in [0.1, 0.15) is 16.5 Å². The lowest BCUT2D eigenvalue weighted by Gasteiger charge is -2.18. The molecule has 1 saturated heterocycles. The van der Waals surface area contributed by atoms with Gasteiger partial charge in [0.25, 0.3) is 0 Å². The highest BCUT2D eigenvalue weighted by Crippen LogP contribution is 2.27. The molecular formula is C16H16BrF2N5O3S. The maximum atomic E-state index is 13.8. The third kappa shape index (κ3) is 4.75. The normalized spacial score (nSPS) is 16.9. The number of pyridine rings is 1. The van der Waals surface area contributed by atoms with E-state index in [1.54, 1.807) is 0 Å². The Balaban J connectivity index is 1.59. The lowest BCUT2D eigenvalue weighted by atomic mass is 10.2. The summed E-state index contributed by atoms with van der Waals surface area (Å²) in [5.74, 6) is -1.11. The van der Waals surface area contributed by atoms with Gasteiger partial charge in [0.15, 0.2) is 5.82 Å². The summed E-state index contributed by atoms with van der Waals surface area (Å²) in [6.45, 7) is 1.02. The van der Waals surface area contributed by atoms with E-state index in [-0.39, 0.29) is 21.1 Å². The lowest BCUT2D eigenvalue weighted by Crippen LogP contribution is -2.40. The number of amides is 2. The van der Waals surface area contributed by atoms with Crippen LogP contribution in [0.25, 0.3) is 0 Å². The quantitative estimate of drug-likeness (QED) is 0.626. The van der Waals surface area contributed by atoms with Gasteiger partial charge in [-0.3, -0.25) is 0 Å². The van der Waals surface area contributed by atoms with Crippen LogP contribution < -0.4 is 20.7 Å². The number of hydrogen-bond donors (Lipinski definition) is 3. The number of sulfonamides is 1. The Bertz CT molecular complexity index is 981. The molecule has 1 aromatic carbocycles. The number of carbonyl (C=O) groups excluding carboxylic acids is 1. The van der Waals surface area contributed by atoms with Gasteiger partial charge in [-0.1, -0.05) is 0 Å². The Morgan fingerprint density at radius 1 is 1.32 bits per heavy atom. The highest BCUT2D eigenvalue weighted by molar-refractivity contribution is 9.10. The third-order valence-electron chi connectivity index (χ3n) is 4.14. The predicted molar refractivity (Wildman–Crippen MR) is 102 cm³/mol. The standard InChI is InChI=1S/C16H16BrF2N5O3S/c17-12-5-9(18)6-13(19)15(12)23-16(25)22-10-3-4-24(8-10)14-2-1-11(7-21-14)28(20,26)27/h1-2,5-7,10H,3-4,8H2,(H2,20,26,27)(H2,22,23,25)/t10-/m0/s1. The van der Waals surface area contributed by atoms with Gasteiger partial charge >= 0.3 is 6.03 Å². The number of aromatic nitrogens is 1. The van der Waals surface area contributed by atoms with E-state index in [9.17, 15) is 22.0 Å². The number of nitrogens with one attached hydrogen (secondary N) is 2. The minimum Gasteiger partial charge on any atom is -0.354 e. The van der Waals surface area contributed by atoms with E-state index in [0.29, 0.717) is 31.4 Å². The van der Waals surface area contributed by atoms with Crippen LogP contribution in [0.3, 0.4) is 0 Å². The average molecular weight is 476 g/mol. The van der Waals surface area contributed by atoms with Crippen molar-refractivity contribution in [3.63, 3.8) is 0 Å². The summed E-state index contributed by atoms with van der Waals surface area (Å²) in [6.07, 6.45) is 1.78. The Morgan fingerprint density at radius 3 is 2.68 bits per heavy atom. The van der Waals surface area contributed by atoms with Crippen molar-refractivity contribution in [2.75, 3.05) is 23.3 Å². The van der Waals surface area contributed by atoms with Crippen LogP contribution in [0.4, 0.5) is 25.1 Å². The first kappa shape index (κ1) is 20.4. The number of nitrogens with two attached hydrogens (primary N) is 1. The Kier molecular flexibility index (Phi) is 5.82. The summed E-state index contributed by atoms with van der Waals surface area (Å²) in [7, 11) is -3.81. The molecular weight excluding hydrogens is 460 g/mol. The number of primary sulfonamides is 1. The first-order valence-electron chi connectivity index (χ1n) is 8.09. The fourth-order valence-electron chi connectivity index (χ4n) is 2.81. The minimum atomic E-state index is -3.81. The van der Waals surface area contributed by atoms with E-state index in [4.69, 9.17) is 5.14 Å². The van der Waals surface area contributed by atoms with E-state index in [1.165, 1.54) is 18.3 Å². The second kappa shape index (κ2) is 7.97. The lowest BCUT2D eigenvalue weighted by molar-refractivity contribution is 0.249. The molecule has 3 rings (SSSR count). The van der Waals surface area contributed by atoms with Crippen LogP contribution in [0.15, 0.2) is 39.8 Å². The van der Waals surface area contributed by atoms with E-state index in [2.05, 4.69) is 31.5 Å². The molecule has 1 atom stereocenters. The number of hydrogen-bond acceptors (Lipinski definition) is 5. The molecule has 1 aromatic heterocycles. The van der Waals surface area contributed by atoms with E-state index in [1.807, 2.05) is 4.90 Å². The fraction of sp³-hybridized carbons (Fsp3) is 0.250. The molecule has 2 heterocycles. The first-order valence-corrected chi connectivity index (χ1v) is 10.4. The summed E-state index contributed by atoms with van der Waals surface area (Å²) in [5, 5.41) is 10.1. The summed E-state index contributed by atoms with van der Waals surface area (Å²) >= 11 is 3.01. The third-order valence-corrected chi connectivity index (χ3v) is 5.67. The van der Waals surface area contributed by atoms with Crippen LogP contribution in [0.1, 0.15) is 6.42 Å². The van der Waals surface area contributed by atoms with Gasteiger partial charge in [-0.2, -0.15) is 0 Å². The highest BCUT2D eigenvalue weighted by atomic mass is 79.9. The molecule has 12 heteroatoms. The van der Waals surface area contributed by atoms with Crippen molar-refractivity contribution in [1.29, 1.82) is 0 Å². The number of halogens is 3. The molecule has 4 N–H and O–H groups in total.